The number of hydrogen-bond donors (Lipinski definition) is 0. The Bertz CT molecular complexity index is 6330. The van der Waals surface area contributed by atoms with Crippen LogP contribution in [-0.4, -0.2) is 97.5 Å². The molecule has 10 nitrogen and oxygen atoms in total. The third kappa shape index (κ3) is 21.1. The molecule has 17 heteroatoms. The molecular weight excluding hydrogens is 1590 g/mol. The van der Waals surface area contributed by atoms with Gasteiger partial charge in [0.1, 0.15) is 0 Å². The molecular formula is C108H99ClF6N10. The highest BCUT2D eigenvalue weighted by molar-refractivity contribution is 6.34. The van der Waals surface area contributed by atoms with Gasteiger partial charge in [0, 0.05) is 138 Å². The molecule has 0 atom stereocenters. The van der Waals surface area contributed by atoms with Crippen molar-refractivity contribution in [1.29, 1.82) is 0 Å². The lowest BCUT2D eigenvalue weighted by atomic mass is 9.90. The van der Waals surface area contributed by atoms with Crippen molar-refractivity contribution < 1.29 is 26.3 Å². The lowest BCUT2D eigenvalue weighted by Gasteiger charge is -2.37. The first kappa shape index (κ1) is 86.4. The van der Waals surface area contributed by atoms with Gasteiger partial charge in [-0.15, -0.1) is 0 Å². The Kier molecular flexibility index (Phi) is 26.6. The van der Waals surface area contributed by atoms with E-state index in [0.29, 0.717) is 38.4 Å². The van der Waals surface area contributed by atoms with Gasteiger partial charge in [-0.1, -0.05) is 175 Å². The Hall–Kier alpha value is -13.5. The summed E-state index contributed by atoms with van der Waals surface area (Å²) in [7, 11) is 15.8. The number of nitrogens with zero attached hydrogens (tertiary/aromatic N) is 10. The Labute approximate surface area is 734 Å². The summed E-state index contributed by atoms with van der Waals surface area (Å²) in [6.45, 7) is 12.3. The molecule has 0 aliphatic carbocycles. The number of aromatic nitrogens is 3. The number of fused-ring (bicyclic) bond motifs is 3. The maximum Gasteiger partial charge on any atom is 0.416 e. The number of para-hydroxylation sites is 2. The monoisotopic (exact) mass is 1680 g/mol. The lowest BCUT2D eigenvalue weighted by Crippen LogP contribution is -2.34. The molecule has 0 unspecified atom stereocenters. The third-order valence-corrected chi connectivity index (χ3v) is 23.5. The van der Waals surface area contributed by atoms with Crippen LogP contribution in [0.2, 0.25) is 5.02 Å². The summed E-state index contributed by atoms with van der Waals surface area (Å²) < 4.78 is 83.9. The van der Waals surface area contributed by atoms with Gasteiger partial charge in [0.25, 0.3) is 0 Å². The van der Waals surface area contributed by atoms with E-state index in [1.165, 1.54) is 134 Å². The van der Waals surface area contributed by atoms with Gasteiger partial charge in [-0.05, 0) is 275 Å². The predicted octanol–water partition coefficient (Wildman–Crippen LogP) is 27.2. The van der Waals surface area contributed by atoms with Gasteiger partial charge >= 0.3 is 12.4 Å². The fraction of sp³-hybridized carbons (Fsp3) is 0.204. The van der Waals surface area contributed by atoms with Gasteiger partial charge in [0.2, 0.25) is 0 Å². The second-order valence-electron chi connectivity index (χ2n) is 32.8. The second kappa shape index (κ2) is 38.5. The lowest BCUT2D eigenvalue weighted by molar-refractivity contribution is -0.143. The number of aryl methyl sites for hydroxylation is 4. The van der Waals surface area contributed by atoms with E-state index >= 15 is 0 Å². The molecule has 4 aliphatic heterocycles. The maximum absolute atomic E-state index is 14.0. The molecule has 0 spiro atoms. The van der Waals surface area contributed by atoms with Gasteiger partial charge < -0.3 is 29.4 Å². The smallest absolute Gasteiger partial charge is 0.378 e. The normalized spacial score (nSPS) is 14.1. The number of alkyl halides is 6. The topological polar surface area (TPSA) is 62.5 Å². The predicted molar refractivity (Wildman–Crippen MR) is 517 cm³/mol. The van der Waals surface area contributed by atoms with Crippen LogP contribution in [0.25, 0.3) is 110 Å². The number of halogens is 7. The summed E-state index contributed by atoms with van der Waals surface area (Å²) in [6, 6.07) is 68.1. The second-order valence-corrected chi connectivity index (χ2v) is 33.2. The van der Waals surface area contributed by atoms with E-state index in [0.717, 1.165) is 84.5 Å². The van der Waals surface area contributed by atoms with E-state index in [-0.39, 0.29) is 17.2 Å². The number of pyridine rings is 3. The number of rotatable bonds is 19. The third-order valence-electron chi connectivity index (χ3n) is 23.1. The molecule has 0 fully saturated rings. The minimum absolute atomic E-state index is 0.146. The first-order chi connectivity index (χ1) is 60.3. The van der Waals surface area contributed by atoms with Crippen LogP contribution in [0.1, 0.15) is 132 Å². The molecule has 0 N–H and O–H groups in total. The molecule has 4 aliphatic rings. The molecule has 7 heterocycles. The van der Waals surface area contributed by atoms with E-state index < -0.39 is 23.5 Å². The van der Waals surface area contributed by atoms with Crippen LogP contribution < -0.4 is 29.4 Å². The van der Waals surface area contributed by atoms with Crippen molar-refractivity contribution in [2.24, 2.45) is 0 Å². The van der Waals surface area contributed by atoms with Crippen molar-refractivity contribution in [3.63, 3.8) is 0 Å². The van der Waals surface area contributed by atoms with Crippen molar-refractivity contribution >= 4 is 157 Å². The van der Waals surface area contributed by atoms with Crippen LogP contribution >= 0.6 is 11.6 Å². The molecule has 0 radical (unpaired) electrons. The molecule has 0 saturated heterocycles. The molecule has 13 aromatic rings. The summed E-state index contributed by atoms with van der Waals surface area (Å²) in [6.07, 6.45) is 30.1. The zero-order valence-electron chi connectivity index (χ0n) is 71.5. The van der Waals surface area contributed by atoms with E-state index in [2.05, 4.69) is 158 Å². The zero-order chi connectivity index (χ0) is 87.5. The minimum atomic E-state index is -5.00. The minimum Gasteiger partial charge on any atom is -0.378 e. The van der Waals surface area contributed by atoms with Gasteiger partial charge in [0.05, 0.1) is 56.4 Å². The van der Waals surface area contributed by atoms with Crippen LogP contribution in [0.15, 0.2) is 243 Å². The van der Waals surface area contributed by atoms with Crippen LogP contribution in [0, 0.1) is 6.57 Å². The summed E-state index contributed by atoms with van der Waals surface area (Å²) in [4.78, 5) is 31.4. The molecule has 0 amide bonds. The van der Waals surface area contributed by atoms with Gasteiger partial charge in [0.15, 0.2) is 5.69 Å². The number of hydrogen-bond acceptors (Lipinski definition) is 9. The van der Waals surface area contributed by atoms with Crippen LogP contribution in [0.3, 0.4) is 0 Å². The zero-order valence-corrected chi connectivity index (χ0v) is 72.3. The first-order valence-electron chi connectivity index (χ1n) is 42.3. The van der Waals surface area contributed by atoms with Gasteiger partial charge in [-0.3, -0.25) is 0 Å². The van der Waals surface area contributed by atoms with Crippen LogP contribution in [-0.2, 0) is 38.0 Å². The van der Waals surface area contributed by atoms with E-state index in [1.807, 2.05) is 169 Å². The van der Waals surface area contributed by atoms with Gasteiger partial charge in [-0.25, -0.2) is 19.8 Å². The summed E-state index contributed by atoms with van der Waals surface area (Å²) in [5.41, 5.74) is 24.5. The summed E-state index contributed by atoms with van der Waals surface area (Å²) >= 11 is 6.85. The average Bonchev–Trinajstić information content (AvgIpc) is 0.829. The average molecular weight is 1690 g/mol. The Morgan fingerprint density at radius 3 is 1.26 bits per heavy atom. The molecule has 0 saturated carbocycles. The van der Waals surface area contributed by atoms with Crippen LogP contribution in [0.4, 0.5) is 66.2 Å². The first-order valence-corrected chi connectivity index (χ1v) is 42.7. The van der Waals surface area contributed by atoms with Crippen molar-refractivity contribution in [3.8, 4) is 0 Å². The number of allylic oxidation sites excluding steroid dienone is 4. The summed E-state index contributed by atoms with van der Waals surface area (Å²) in [5, 5.41) is 3.33. The highest BCUT2D eigenvalue weighted by Gasteiger charge is 2.38. The number of benzene rings is 10. The highest BCUT2D eigenvalue weighted by atomic mass is 35.5. The molecule has 630 valence electrons. The van der Waals surface area contributed by atoms with Crippen LogP contribution in [0.5, 0.6) is 0 Å². The van der Waals surface area contributed by atoms with Crippen molar-refractivity contribution in [1.82, 2.24) is 15.0 Å². The van der Waals surface area contributed by atoms with Gasteiger partial charge in [-0.2, -0.15) is 26.3 Å². The Morgan fingerprint density at radius 2 is 0.792 bits per heavy atom. The fourth-order valence-corrected chi connectivity index (χ4v) is 17.0. The highest BCUT2D eigenvalue weighted by Crippen LogP contribution is 2.44. The standard InChI is InChI=1S/C38H36N4.C37H31F6N3.C33H32ClN3/c1-39-33-14-15-35-28(12-10-26-20-29-6-2-16-41-17-3-7-30(21-26)37(29)41)24-34(40-36(35)25-33)13-11-27-22-31-8-4-18-42-19-5-9-32(23-27)38(31)42;1-45(2)30-15-10-24(11-16-30)9-14-29-23-34(32-7-5-6-8-35(32)44-29)33(19-25-12-17-31(18-13-25)46(3)4)26-20-27(36(38,39)40)22-28(21-26)37(41,42)43;1-36(2)27-21-17-25(18-22-27)11-5-7-14-30-29-13-8-10-15-31(29)35-32(33(30)34)16-9-6-12-26-19-23-28(24-20-26)37(3)4/h10-15,20-25H,2-9,16-19H2;5-23H,1-4H3;5-24H,1-4H3/b12-10+,13-11+;14-9+,33-19+;11-5+,12-6+,14-7+,16-9+. The molecule has 0 bridgehead atoms. The summed E-state index contributed by atoms with van der Waals surface area (Å²) in [5.74, 6) is 0. The van der Waals surface area contributed by atoms with E-state index in [1.54, 1.807) is 54.6 Å². The SMILES string of the molecule is CN(C)c1ccc(/C=C/C=C/c2nc3ccccc3c(/C=C/C=C/c3ccc(N(C)C)cc3)c2Cl)cc1.CN(C)c1ccc(/C=C/c2cc(/C(=C/c3ccc(N(C)C)cc3)c3cc(C(F)(F)F)cc(C(F)(F)F)c3)c3ccccc3n2)cc1.[C-]#[N+]c1ccc2c(/C=C/c3cc4c5c(c3)CCCN5CCC4)cc(/C=C/c3cc4c5c(c3)CCCN5CCC4)nc2c1. The molecule has 17 rings (SSSR count). The maximum atomic E-state index is 14.0. The molecule has 125 heavy (non-hydrogen) atoms. The quantitative estimate of drug-likeness (QED) is 0.0341. The largest absolute Gasteiger partial charge is 0.416 e. The van der Waals surface area contributed by atoms with Crippen molar-refractivity contribution in [2.45, 2.75) is 63.7 Å². The molecule has 10 aromatic carbocycles. The van der Waals surface area contributed by atoms with Crippen molar-refractivity contribution in [2.75, 3.05) is 112 Å². The number of anilines is 6. The molecule has 3 aromatic heterocycles. The van der Waals surface area contributed by atoms with E-state index in [9.17, 15) is 26.3 Å². The van der Waals surface area contributed by atoms with Crippen molar-refractivity contribution in [3.05, 3.63) is 365 Å². The van der Waals surface area contributed by atoms with E-state index in [4.69, 9.17) is 33.1 Å². The fourth-order valence-electron chi connectivity index (χ4n) is 16.7. The Morgan fingerprint density at radius 1 is 0.384 bits per heavy atom. The Balaban J connectivity index is 0.000000146.